The summed E-state index contributed by atoms with van der Waals surface area (Å²) in [5.41, 5.74) is 2.40. The second-order valence-corrected chi connectivity index (χ2v) is 9.55. The van der Waals surface area contributed by atoms with E-state index >= 15 is 0 Å². The third-order valence-corrected chi connectivity index (χ3v) is 8.52. The van der Waals surface area contributed by atoms with E-state index in [0.29, 0.717) is 17.5 Å². The highest BCUT2D eigenvalue weighted by Crippen LogP contribution is 2.66. The van der Waals surface area contributed by atoms with Crippen LogP contribution >= 0.6 is 0 Å². The number of aliphatic hydroxyl groups excluding tert-OH is 1. The van der Waals surface area contributed by atoms with Crippen LogP contribution in [0.3, 0.4) is 0 Å². The van der Waals surface area contributed by atoms with Crippen LogP contribution in [0, 0.1) is 11.3 Å². The Kier molecular flexibility index (Phi) is 4.04. The molecule has 2 saturated carbocycles. The lowest BCUT2D eigenvalue weighted by molar-refractivity contribution is -0.124. The number of hydrogen-bond donors (Lipinski definition) is 2. The fourth-order valence-corrected chi connectivity index (χ4v) is 7.14. The van der Waals surface area contributed by atoms with Gasteiger partial charge in [0, 0.05) is 23.6 Å². The van der Waals surface area contributed by atoms with Crippen LogP contribution in [0.4, 0.5) is 0 Å². The summed E-state index contributed by atoms with van der Waals surface area (Å²) in [7, 11) is 1.63. The molecule has 5 rings (SSSR count). The Morgan fingerprint density at radius 2 is 2.04 bits per heavy atom. The van der Waals surface area contributed by atoms with Gasteiger partial charge in [0.2, 0.25) is 0 Å². The molecule has 0 amide bonds. The zero-order valence-corrected chi connectivity index (χ0v) is 16.7. The third-order valence-electron chi connectivity index (χ3n) is 8.52. The zero-order valence-electron chi connectivity index (χ0n) is 16.7. The van der Waals surface area contributed by atoms with Gasteiger partial charge in [0.05, 0.1) is 13.2 Å². The molecule has 0 aromatic heterocycles. The van der Waals surface area contributed by atoms with E-state index in [2.05, 4.69) is 17.9 Å². The van der Waals surface area contributed by atoms with E-state index in [1.807, 2.05) is 6.07 Å². The number of hydrogen-bond acceptors (Lipinski definition) is 4. The number of nitrogens with zero attached hydrogens (tertiary/aromatic N) is 1. The number of methoxy groups -OCH3 is 1. The second kappa shape index (κ2) is 6.12. The van der Waals surface area contributed by atoms with Crippen LogP contribution in [0.25, 0.3) is 0 Å². The molecule has 0 radical (unpaired) electrons. The first-order valence-corrected chi connectivity index (χ1v) is 10.9. The lowest BCUT2D eigenvalue weighted by atomic mass is 9.42. The molecule has 0 unspecified atom stereocenters. The van der Waals surface area contributed by atoms with Gasteiger partial charge < -0.3 is 14.9 Å². The van der Waals surface area contributed by atoms with Crippen molar-refractivity contribution in [3.8, 4) is 11.5 Å². The minimum Gasteiger partial charge on any atom is -0.504 e. The van der Waals surface area contributed by atoms with E-state index < -0.39 is 0 Å². The molecule has 148 valence electrons. The van der Waals surface area contributed by atoms with Crippen molar-refractivity contribution in [2.24, 2.45) is 11.3 Å². The smallest absolute Gasteiger partial charge is 0.161 e. The Morgan fingerprint density at radius 3 is 2.74 bits per heavy atom. The van der Waals surface area contributed by atoms with E-state index in [9.17, 15) is 10.2 Å². The molecule has 1 aliphatic heterocycles. The minimum absolute atomic E-state index is 0.129. The molecule has 4 aliphatic rings. The maximum Gasteiger partial charge on any atom is 0.161 e. The van der Waals surface area contributed by atoms with Gasteiger partial charge in [0.25, 0.3) is 0 Å². The van der Waals surface area contributed by atoms with Crippen LogP contribution < -0.4 is 4.74 Å². The topological polar surface area (TPSA) is 52.9 Å². The molecule has 4 atom stereocenters. The van der Waals surface area contributed by atoms with Gasteiger partial charge >= 0.3 is 0 Å². The van der Waals surface area contributed by atoms with Crippen molar-refractivity contribution in [2.75, 3.05) is 20.2 Å². The van der Waals surface area contributed by atoms with Crippen LogP contribution in [-0.4, -0.2) is 47.5 Å². The summed E-state index contributed by atoms with van der Waals surface area (Å²) in [5.74, 6) is 1.80. The second-order valence-electron chi connectivity index (χ2n) is 9.55. The van der Waals surface area contributed by atoms with Crippen LogP contribution in [0.1, 0.15) is 63.0 Å². The molecular weight excluding hydrogens is 338 g/mol. The van der Waals surface area contributed by atoms with Crippen molar-refractivity contribution in [2.45, 2.75) is 75.9 Å². The Balaban J connectivity index is 1.70. The Bertz CT molecular complexity index is 745. The molecule has 3 aliphatic carbocycles. The predicted molar refractivity (Wildman–Crippen MR) is 105 cm³/mol. The van der Waals surface area contributed by atoms with Gasteiger partial charge in [-0.1, -0.05) is 13.0 Å². The number of phenols is 1. The monoisotopic (exact) mass is 371 g/mol. The van der Waals surface area contributed by atoms with Crippen LogP contribution in [0.2, 0.25) is 0 Å². The van der Waals surface area contributed by atoms with Crippen molar-refractivity contribution in [1.29, 1.82) is 0 Å². The van der Waals surface area contributed by atoms with E-state index in [0.717, 1.165) is 56.6 Å². The zero-order chi connectivity index (χ0) is 18.8. The summed E-state index contributed by atoms with van der Waals surface area (Å²) in [5, 5.41) is 21.9. The maximum absolute atomic E-state index is 11.2. The SMILES string of the molecule is CC[C@@]12CC[C@H](O)C[C@@]13CCN(CC1CC1)[C@@H]2Cc1ccc(OC)c(O)c13. The highest BCUT2D eigenvalue weighted by Gasteiger charge is 2.65. The first-order valence-electron chi connectivity index (χ1n) is 10.9. The molecule has 2 bridgehead atoms. The summed E-state index contributed by atoms with van der Waals surface area (Å²) >= 11 is 0. The fourth-order valence-electron chi connectivity index (χ4n) is 7.14. The summed E-state index contributed by atoms with van der Waals surface area (Å²) in [6.07, 6.45) is 8.42. The van der Waals surface area contributed by atoms with Gasteiger partial charge in [-0.3, -0.25) is 4.90 Å². The highest BCUT2D eigenvalue weighted by atomic mass is 16.5. The molecule has 1 aromatic rings. The summed E-state index contributed by atoms with van der Waals surface area (Å²) in [4.78, 5) is 2.78. The number of piperidine rings is 1. The molecular formula is C23H33NO3. The van der Waals surface area contributed by atoms with Gasteiger partial charge in [-0.15, -0.1) is 0 Å². The number of aliphatic hydroxyl groups is 1. The van der Waals surface area contributed by atoms with Crippen molar-refractivity contribution < 1.29 is 14.9 Å². The average Bonchev–Trinajstić information content (AvgIpc) is 3.47. The van der Waals surface area contributed by atoms with Gasteiger partial charge in [-0.25, -0.2) is 0 Å². The van der Waals surface area contributed by atoms with E-state index in [4.69, 9.17) is 4.74 Å². The van der Waals surface area contributed by atoms with Crippen molar-refractivity contribution in [3.05, 3.63) is 23.3 Å². The largest absolute Gasteiger partial charge is 0.504 e. The standard InChI is InChI=1S/C23H33NO3/c1-3-22-9-8-17(25)13-23(22)10-11-24(14-15-4-5-15)19(22)12-16-6-7-18(27-2)21(26)20(16)23/h6-7,15,17,19,25-26H,3-5,8-14H2,1-2H3/t17-,19+,22-,23+/m0/s1. The number of rotatable bonds is 4. The normalized spacial score (nSPS) is 38.2. The molecule has 2 N–H and O–H groups in total. The molecule has 1 saturated heterocycles. The quantitative estimate of drug-likeness (QED) is 0.849. The number of aromatic hydroxyl groups is 1. The van der Waals surface area contributed by atoms with E-state index in [-0.39, 0.29) is 16.9 Å². The Labute approximate surface area is 162 Å². The first kappa shape index (κ1) is 17.8. The van der Waals surface area contributed by atoms with Gasteiger partial charge in [0.15, 0.2) is 11.5 Å². The number of phenolic OH excluding ortho intramolecular Hbond substituents is 1. The van der Waals surface area contributed by atoms with E-state index in [1.165, 1.54) is 24.9 Å². The Hall–Kier alpha value is -1.26. The molecule has 27 heavy (non-hydrogen) atoms. The lowest BCUT2D eigenvalue weighted by Gasteiger charge is -2.67. The van der Waals surface area contributed by atoms with Crippen LogP contribution in [-0.2, 0) is 11.8 Å². The predicted octanol–water partition coefficient (Wildman–Crippen LogP) is 3.62. The molecule has 1 heterocycles. The van der Waals surface area contributed by atoms with Gasteiger partial charge in [-0.2, -0.15) is 0 Å². The van der Waals surface area contributed by atoms with Gasteiger partial charge in [0.1, 0.15) is 0 Å². The number of benzene rings is 1. The average molecular weight is 372 g/mol. The lowest BCUT2D eigenvalue weighted by Crippen LogP contribution is -2.69. The fraction of sp³-hybridized carbons (Fsp3) is 0.739. The molecule has 0 spiro atoms. The molecule has 4 nitrogen and oxygen atoms in total. The summed E-state index contributed by atoms with van der Waals surface area (Å²) in [6, 6.07) is 4.62. The number of fused-ring (bicyclic) bond motifs is 1. The number of likely N-dealkylation sites (tertiary alicyclic amines) is 1. The molecule has 4 heteroatoms. The summed E-state index contributed by atoms with van der Waals surface area (Å²) in [6.45, 7) is 4.66. The summed E-state index contributed by atoms with van der Waals surface area (Å²) < 4.78 is 5.48. The van der Waals surface area contributed by atoms with E-state index in [1.54, 1.807) is 7.11 Å². The molecule has 1 aromatic carbocycles. The molecule has 3 fully saturated rings. The highest BCUT2D eigenvalue weighted by molar-refractivity contribution is 5.57. The maximum atomic E-state index is 11.2. The van der Waals surface area contributed by atoms with Crippen LogP contribution in [0.15, 0.2) is 12.1 Å². The third kappa shape index (κ3) is 2.35. The van der Waals surface area contributed by atoms with Crippen molar-refractivity contribution >= 4 is 0 Å². The first-order chi connectivity index (χ1) is 13.0. The van der Waals surface area contributed by atoms with Crippen molar-refractivity contribution in [1.82, 2.24) is 4.90 Å². The number of ether oxygens (including phenoxy) is 1. The van der Waals surface area contributed by atoms with Crippen LogP contribution in [0.5, 0.6) is 11.5 Å². The van der Waals surface area contributed by atoms with Gasteiger partial charge in [-0.05, 0) is 80.9 Å². The Morgan fingerprint density at radius 1 is 1.22 bits per heavy atom. The van der Waals surface area contributed by atoms with Crippen molar-refractivity contribution in [3.63, 3.8) is 0 Å². The minimum atomic E-state index is -0.267.